The molecule has 0 aromatic heterocycles. The highest BCUT2D eigenvalue weighted by Crippen LogP contribution is 2.11. The molecule has 0 aliphatic heterocycles. The number of carboxylic acids is 3. The van der Waals surface area contributed by atoms with Gasteiger partial charge in [-0.15, -0.1) is 0 Å². The Balaban J connectivity index is 6.27. The second kappa shape index (κ2) is 28.6. The van der Waals surface area contributed by atoms with Gasteiger partial charge in [-0.1, -0.05) is 34.1 Å². The van der Waals surface area contributed by atoms with Gasteiger partial charge in [-0.2, -0.15) is 11.8 Å². The monoisotopic (exact) mass is 934 g/mol. The minimum Gasteiger partial charge on any atom is -0.481 e. The third kappa shape index (κ3) is 20.9. The van der Waals surface area contributed by atoms with Crippen LogP contribution in [0.25, 0.3) is 0 Å². The summed E-state index contributed by atoms with van der Waals surface area (Å²) in [4.78, 5) is 152. The minimum atomic E-state index is -1.98. The summed E-state index contributed by atoms with van der Waals surface area (Å²) in [7, 11) is 0. The Bertz CT molecular complexity index is 1720. The molecule has 0 aliphatic carbocycles. The Morgan fingerprint density at radius 1 is 0.531 bits per heavy atom. The molecule has 0 aliphatic rings. The standard InChI is InChI=1S/C37H62N10O16S/c1-8-16(4)28(36(61)44-21(11-24(39)49)33(58)42-20(9-10-64-7)31(56)41-18(6)37(62)63)47-29(54)17(5)40-32(57)22(12-25(50)51)43-34(59)23(13-26(52)53)45-35(60)27(15(2)3)46-30(55)19(38)14-48/h15-23,27-28,48H,8-14,38H2,1-7H3,(H2,39,49)(H,40,57)(H,41,56)(H,42,58)(H,43,59)(H,44,61)(H,45,60)(H,46,55)(H,47,54)(H,50,51)(H,52,53)(H,62,63)/t16-,17-,18-,19-,20-,21-,22-,23-,27-,28-/m0/s1. The van der Waals surface area contributed by atoms with Crippen LogP contribution in [0.2, 0.25) is 0 Å². The normalized spacial score (nSPS) is 15.7. The Hall–Kier alpha value is -6.09. The summed E-state index contributed by atoms with van der Waals surface area (Å²) < 4.78 is 0. The molecule has 0 bridgehead atoms. The Morgan fingerprint density at radius 3 is 1.36 bits per heavy atom. The SMILES string of the molecule is CC[C@H](C)[C@H](NC(=O)[C@H](C)NC(=O)[C@H](CC(=O)O)NC(=O)[C@H](CC(=O)O)NC(=O)[C@@H](NC(=O)[C@@H](N)CO)C(C)C)C(=O)N[C@@H](CC(N)=O)C(=O)N[C@@H](CCSC)C(=O)N[C@@H](C)C(=O)O. The lowest BCUT2D eigenvalue weighted by Gasteiger charge is -2.28. The summed E-state index contributed by atoms with van der Waals surface area (Å²) in [5, 5.41) is 55.3. The number of hydrogen-bond donors (Lipinski definition) is 14. The summed E-state index contributed by atoms with van der Waals surface area (Å²) in [5.41, 5.74) is 10.8. The topological polar surface area (TPSA) is 434 Å². The van der Waals surface area contributed by atoms with Crippen molar-refractivity contribution in [3.05, 3.63) is 0 Å². The molecular weight excluding hydrogens is 873 g/mol. The van der Waals surface area contributed by atoms with Crippen LogP contribution in [-0.2, 0) is 57.5 Å². The van der Waals surface area contributed by atoms with E-state index >= 15 is 0 Å². The van der Waals surface area contributed by atoms with E-state index in [1.807, 2.05) is 5.32 Å². The predicted octanol–water partition coefficient (Wildman–Crippen LogP) is -5.41. The van der Waals surface area contributed by atoms with Gasteiger partial charge in [-0.05, 0) is 44.1 Å². The van der Waals surface area contributed by atoms with Crippen LogP contribution in [0.15, 0.2) is 0 Å². The number of hydrogen-bond acceptors (Lipinski definition) is 15. The van der Waals surface area contributed by atoms with Crippen LogP contribution in [0.5, 0.6) is 0 Å². The van der Waals surface area contributed by atoms with Gasteiger partial charge >= 0.3 is 17.9 Å². The summed E-state index contributed by atoms with van der Waals surface area (Å²) in [5.74, 6) is -15.2. The van der Waals surface area contributed by atoms with Crippen LogP contribution in [-0.4, -0.2) is 164 Å². The van der Waals surface area contributed by atoms with Gasteiger partial charge in [0.05, 0.1) is 25.9 Å². The summed E-state index contributed by atoms with van der Waals surface area (Å²) in [6.07, 6.45) is -0.971. The average molecular weight is 935 g/mol. The van der Waals surface area contributed by atoms with Crippen molar-refractivity contribution in [3.8, 4) is 0 Å². The molecule has 0 saturated heterocycles. The number of rotatable bonds is 30. The first-order chi connectivity index (χ1) is 29.7. The maximum absolute atomic E-state index is 13.7. The van der Waals surface area contributed by atoms with Crippen LogP contribution in [0, 0.1) is 11.8 Å². The number of aliphatic hydroxyl groups excluding tert-OH is 1. The van der Waals surface area contributed by atoms with E-state index in [4.69, 9.17) is 16.6 Å². The molecule has 16 N–H and O–H groups in total. The molecule has 10 atom stereocenters. The number of carboxylic acid groups (broad SMARTS) is 3. The maximum Gasteiger partial charge on any atom is 0.325 e. The van der Waals surface area contributed by atoms with Gasteiger partial charge in [0.15, 0.2) is 0 Å². The highest BCUT2D eigenvalue weighted by molar-refractivity contribution is 7.98. The third-order valence-electron chi connectivity index (χ3n) is 9.36. The largest absolute Gasteiger partial charge is 0.481 e. The number of amides is 9. The van der Waals surface area contributed by atoms with E-state index in [9.17, 15) is 72.9 Å². The van der Waals surface area contributed by atoms with Crippen molar-refractivity contribution in [2.45, 2.75) is 128 Å². The van der Waals surface area contributed by atoms with Crippen LogP contribution < -0.4 is 54.0 Å². The Labute approximate surface area is 372 Å². The highest BCUT2D eigenvalue weighted by atomic mass is 32.2. The van der Waals surface area contributed by atoms with E-state index < -0.39 is 163 Å². The fourth-order valence-electron chi connectivity index (χ4n) is 5.36. The lowest BCUT2D eigenvalue weighted by Crippen LogP contribution is -2.61. The summed E-state index contributed by atoms with van der Waals surface area (Å²) in [6.45, 7) is 7.72. The van der Waals surface area contributed by atoms with Crippen molar-refractivity contribution >= 4 is 82.8 Å². The first kappa shape index (κ1) is 57.9. The van der Waals surface area contributed by atoms with E-state index in [1.54, 1.807) is 13.2 Å². The first-order valence-electron chi connectivity index (χ1n) is 19.9. The quantitative estimate of drug-likeness (QED) is 0.0320. The van der Waals surface area contributed by atoms with Crippen molar-refractivity contribution < 1.29 is 78.0 Å². The van der Waals surface area contributed by atoms with E-state index in [2.05, 4.69) is 37.2 Å². The van der Waals surface area contributed by atoms with E-state index in [1.165, 1.54) is 39.5 Å². The molecule has 0 aromatic rings. The van der Waals surface area contributed by atoms with E-state index in [0.717, 1.165) is 6.92 Å². The fraction of sp³-hybridized carbons (Fsp3) is 0.676. The van der Waals surface area contributed by atoms with Crippen LogP contribution in [0.3, 0.4) is 0 Å². The second-order valence-electron chi connectivity index (χ2n) is 15.1. The third-order valence-corrected chi connectivity index (χ3v) is 10.0. The maximum atomic E-state index is 13.7. The zero-order valence-electron chi connectivity index (χ0n) is 36.6. The van der Waals surface area contributed by atoms with Crippen LogP contribution >= 0.6 is 11.8 Å². The molecule has 64 heavy (non-hydrogen) atoms. The highest BCUT2D eigenvalue weighted by Gasteiger charge is 2.36. The summed E-state index contributed by atoms with van der Waals surface area (Å²) in [6, 6.07) is -14.1. The van der Waals surface area contributed by atoms with Gasteiger partial charge in [-0.25, -0.2) is 0 Å². The van der Waals surface area contributed by atoms with Gasteiger partial charge in [0.2, 0.25) is 53.2 Å². The molecule has 0 radical (unpaired) electrons. The van der Waals surface area contributed by atoms with Crippen molar-refractivity contribution in [3.63, 3.8) is 0 Å². The van der Waals surface area contributed by atoms with E-state index in [-0.39, 0.29) is 12.8 Å². The molecule has 0 fully saturated rings. The van der Waals surface area contributed by atoms with Crippen molar-refractivity contribution in [1.29, 1.82) is 0 Å². The van der Waals surface area contributed by atoms with Crippen molar-refractivity contribution in [2.24, 2.45) is 23.3 Å². The molecule has 26 nitrogen and oxygen atoms in total. The number of nitrogens with two attached hydrogens (primary N) is 2. The minimum absolute atomic E-state index is 0.0241. The Morgan fingerprint density at radius 2 is 0.938 bits per heavy atom. The van der Waals surface area contributed by atoms with Gasteiger partial charge in [-0.3, -0.25) is 57.5 Å². The molecule has 0 unspecified atom stereocenters. The lowest BCUT2D eigenvalue weighted by atomic mass is 9.97. The number of carbonyl (C=O) groups is 12. The number of primary amides is 1. The molecule has 0 heterocycles. The molecule has 9 amide bonds. The van der Waals surface area contributed by atoms with Crippen LogP contribution in [0.4, 0.5) is 0 Å². The smallest absolute Gasteiger partial charge is 0.325 e. The molecule has 0 rings (SSSR count). The van der Waals surface area contributed by atoms with Crippen molar-refractivity contribution in [2.75, 3.05) is 18.6 Å². The predicted molar refractivity (Wildman–Crippen MR) is 225 cm³/mol. The zero-order valence-corrected chi connectivity index (χ0v) is 37.4. The molecule has 0 spiro atoms. The number of nitrogens with one attached hydrogen (secondary N) is 8. The van der Waals surface area contributed by atoms with Gasteiger partial charge in [0, 0.05) is 0 Å². The van der Waals surface area contributed by atoms with Crippen LogP contribution in [0.1, 0.15) is 73.6 Å². The number of aliphatic hydroxyl groups is 1. The van der Waals surface area contributed by atoms with Gasteiger partial charge in [0.1, 0.15) is 54.4 Å². The van der Waals surface area contributed by atoms with Crippen molar-refractivity contribution in [1.82, 2.24) is 42.5 Å². The molecule has 0 saturated carbocycles. The number of aliphatic carboxylic acids is 3. The second-order valence-corrected chi connectivity index (χ2v) is 16.1. The summed E-state index contributed by atoms with van der Waals surface area (Å²) >= 11 is 1.31. The zero-order chi connectivity index (χ0) is 49.6. The Kier molecular flexibility index (Phi) is 25.9. The molecule has 27 heteroatoms. The first-order valence-corrected chi connectivity index (χ1v) is 21.3. The molecular formula is C37H62N10O16S. The van der Waals surface area contributed by atoms with Gasteiger partial charge in [0.25, 0.3) is 0 Å². The van der Waals surface area contributed by atoms with E-state index in [0.29, 0.717) is 5.75 Å². The molecule has 362 valence electrons. The average Bonchev–Trinajstić information content (AvgIpc) is 3.20. The fourth-order valence-corrected chi connectivity index (χ4v) is 5.84. The van der Waals surface area contributed by atoms with Gasteiger partial charge < -0.3 is 74.4 Å². The number of thioether (sulfide) groups is 1. The molecule has 0 aromatic carbocycles. The number of carbonyl (C=O) groups excluding carboxylic acids is 9. The lowest BCUT2D eigenvalue weighted by molar-refractivity contribution is -0.143.